The zero-order chi connectivity index (χ0) is 21.7. The van der Waals surface area contributed by atoms with Crippen LogP contribution >= 0.6 is 11.6 Å². The summed E-state index contributed by atoms with van der Waals surface area (Å²) in [6.07, 6.45) is -2.79. The summed E-state index contributed by atoms with van der Waals surface area (Å²) < 4.78 is 63.2. The van der Waals surface area contributed by atoms with Gasteiger partial charge in [0.1, 0.15) is 0 Å². The molecule has 1 aliphatic heterocycles. The average Bonchev–Trinajstić information content (AvgIpc) is 2.60. The Morgan fingerprint density at radius 1 is 1.17 bits per heavy atom. The van der Waals surface area contributed by atoms with E-state index in [1.165, 1.54) is 6.07 Å². The Hall–Kier alpha value is -1.40. The Labute approximate surface area is 173 Å². The predicted octanol–water partition coefficient (Wildman–Crippen LogP) is 1.85. The largest absolute Gasteiger partial charge is 0.417 e. The van der Waals surface area contributed by atoms with E-state index >= 15 is 0 Å². The van der Waals surface area contributed by atoms with Crippen LogP contribution in [0.2, 0.25) is 5.02 Å². The van der Waals surface area contributed by atoms with E-state index in [1.54, 1.807) is 0 Å². The molecule has 2 rings (SSSR count). The van der Waals surface area contributed by atoms with Gasteiger partial charge >= 0.3 is 6.18 Å². The fourth-order valence-corrected chi connectivity index (χ4v) is 3.69. The highest BCUT2D eigenvalue weighted by atomic mass is 35.5. The van der Waals surface area contributed by atoms with E-state index in [0.717, 1.165) is 38.0 Å². The Morgan fingerprint density at radius 2 is 1.79 bits per heavy atom. The van der Waals surface area contributed by atoms with Crippen molar-refractivity contribution >= 4 is 33.2 Å². The SMILES string of the molecule is CS(=O)(=O)NCCCN1CCN(CC(=O)Nc2ccc(Cl)c(C(F)(F)F)c2)CC1. The summed E-state index contributed by atoms with van der Waals surface area (Å²) in [6.45, 7) is 3.93. The van der Waals surface area contributed by atoms with Crippen molar-refractivity contribution in [1.29, 1.82) is 0 Å². The molecule has 0 radical (unpaired) electrons. The molecule has 0 saturated carbocycles. The van der Waals surface area contributed by atoms with Gasteiger partial charge in [0.25, 0.3) is 0 Å². The second-order valence-electron chi connectivity index (χ2n) is 6.88. The van der Waals surface area contributed by atoms with Crippen molar-refractivity contribution in [3.63, 3.8) is 0 Å². The molecule has 1 aromatic rings. The number of rotatable bonds is 8. The molecule has 1 saturated heterocycles. The molecule has 1 aromatic carbocycles. The number of benzene rings is 1. The average molecular weight is 457 g/mol. The van der Waals surface area contributed by atoms with E-state index in [4.69, 9.17) is 11.6 Å². The van der Waals surface area contributed by atoms with Crippen molar-refractivity contribution in [2.75, 3.05) is 57.4 Å². The van der Waals surface area contributed by atoms with Crippen LogP contribution in [0.3, 0.4) is 0 Å². The van der Waals surface area contributed by atoms with Gasteiger partial charge in [0, 0.05) is 38.4 Å². The molecule has 1 heterocycles. The Morgan fingerprint density at radius 3 is 2.38 bits per heavy atom. The molecule has 0 bridgehead atoms. The van der Waals surface area contributed by atoms with E-state index < -0.39 is 32.7 Å². The molecular formula is C17H24ClF3N4O3S. The summed E-state index contributed by atoms with van der Waals surface area (Å²) in [4.78, 5) is 16.3. The summed E-state index contributed by atoms with van der Waals surface area (Å²) in [5.74, 6) is -0.397. The monoisotopic (exact) mass is 456 g/mol. The van der Waals surface area contributed by atoms with Crippen molar-refractivity contribution in [2.45, 2.75) is 12.6 Å². The summed E-state index contributed by atoms with van der Waals surface area (Å²) in [6, 6.07) is 3.26. The normalized spacial score (nSPS) is 16.7. The van der Waals surface area contributed by atoms with Crippen molar-refractivity contribution in [1.82, 2.24) is 14.5 Å². The fraction of sp³-hybridized carbons (Fsp3) is 0.588. The minimum atomic E-state index is -4.59. The maximum absolute atomic E-state index is 12.9. The third-order valence-corrected chi connectivity index (χ3v) is 5.46. The van der Waals surface area contributed by atoms with E-state index in [-0.39, 0.29) is 12.2 Å². The van der Waals surface area contributed by atoms with Gasteiger partial charge in [0.05, 0.1) is 23.4 Å². The van der Waals surface area contributed by atoms with Crippen LogP contribution in [0, 0.1) is 0 Å². The number of sulfonamides is 1. The Kier molecular flexibility index (Phi) is 8.29. The first-order valence-corrected chi connectivity index (χ1v) is 11.3. The molecule has 0 aromatic heterocycles. The second-order valence-corrected chi connectivity index (χ2v) is 9.12. The van der Waals surface area contributed by atoms with Gasteiger partial charge in [-0.05, 0) is 31.2 Å². The maximum Gasteiger partial charge on any atom is 0.417 e. The highest BCUT2D eigenvalue weighted by Crippen LogP contribution is 2.36. The molecule has 0 aliphatic carbocycles. The van der Waals surface area contributed by atoms with Gasteiger partial charge in [-0.1, -0.05) is 11.6 Å². The molecular weight excluding hydrogens is 433 g/mol. The van der Waals surface area contributed by atoms with Gasteiger partial charge in [-0.15, -0.1) is 0 Å². The zero-order valence-corrected chi connectivity index (χ0v) is 17.5. The van der Waals surface area contributed by atoms with Crippen molar-refractivity contribution in [3.05, 3.63) is 28.8 Å². The lowest BCUT2D eigenvalue weighted by atomic mass is 10.2. The molecule has 1 aliphatic rings. The summed E-state index contributed by atoms with van der Waals surface area (Å²) in [5.41, 5.74) is -0.945. The van der Waals surface area contributed by atoms with Crippen LogP contribution in [0.25, 0.3) is 0 Å². The lowest BCUT2D eigenvalue weighted by molar-refractivity contribution is -0.137. The van der Waals surface area contributed by atoms with E-state index in [9.17, 15) is 26.4 Å². The highest BCUT2D eigenvalue weighted by Gasteiger charge is 2.33. The number of piperazine rings is 1. The first kappa shape index (κ1) is 23.9. The number of hydrogen-bond acceptors (Lipinski definition) is 5. The number of alkyl halides is 3. The summed E-state index contributed by atoms with van der Waals surface area (Å²) in [5, 5.41) is 2.06. The number of halogens is 4. The first-order valence-electron chi connectivity index (χ1n) is 9.00. The minimum Gasteiger partial charge on any atom is -0.325 e. The van der Waals surface area contributed by atoms with Crippen LogP contribution < -0.4 is 10.0 Å². The van der Waals surface area contributed by atoms with Crippen molar-refractivity contribution in [2.24, 2.45) is 0 Å². The topological polar surface area (TPSA) is 81.8 Å². The summed E-state index contributed by atoms with van der Waals surface area (Å²) >= 11 is 5.58. The number of nitrogens with zero attached hydrogens (tertiary/aromatic N) is 2. The van der Waals surface area contributed by atoms with Crippen LogP contribution in [0.5, 0.6) is 0 Å². The smallest absolute Gasteiger partial charge is 0.325 e. The number of carbonyl (C=O) groups excluding carboxylic acids is 1. The molecule has 29 heavy (non-hydrogen) atoms. The molecule has 0 atom stereocenters. The number of amides is 1. The molecule has 0 spiro atoms. The van der Waals surface area contributed by atoms with Gasteiger partial charge in [0.15, 0.2) is 0 Å². The van der Waals surface area contributed by atoms with Gasteiger partial charge in [0.2, 0.25) is 15.9 Å². The number of anilines is 1. The maximum atomic E-state index is 12.9. The lowest BCUT2D eigenvalue weighted by Gasteiger charge is -2.34. The third kappa shape index (κ3) is 8.47. The number of carbonyl (C=O) groups is 1. The van der Waals surface area contributed by atoms with E-state index in [0.29, 0.717) is 26.1 Å². The highest BCUT2D eigenvalue weighted by molar-refractivity contribution is 7.88. The first-order chi connectivity index (χ1) is 13.4. The Balaban J connectivity index is 1.75. The second kappa shape index (κ2) is 10.1. The van der Waals surface area contributed by atoms with Crippen LogP contribution in [-0.4, -0.2) is 76.2 Å². The standard InChI is InChI=1S/C17H24ClF3N4O3S/c1-29(27,28)22-5-2-6-24-7-9-25(10-8-24)12-16(26)23-13-3-4-15(18)14(11-13)17(19,20)21/h3-4,11,22H,2,5-10,12H2,1H3,(H,23,26). The van der Waals surface area contributed by atoms with Crippen LogP contribution in [0.4, 0.5) is 18.9 Å². The third-order valence-electron chi connectivity index (χ3n) is 4.40. The van der Waals surface area contributed by atoms with Crippen molar-refractivity contribution < 1.29 is 26.4 Å². The molecule has 1 fully saturated rings. The molecule has 7 nitrogen and oxygen atoms in total. The van der Waals surface area contributed by atoms with E-state index in [1.807, 2.05) is 4.90 Å². The van der Waals surface area contributed by atoms with Gasteiger partial charge in [-0.25, -0.2) is 13.1 Å². The lowest BCUT2D eigenvalue weighted by Crippen LogP contribution is -2.49. The summed E-state index contributed by atoms with van der Waals surface area (Å²) in [7, 11) is -3.18. The van der Waals surface area contributed by atoms with Gasteiger partial charge in [-0.3, -0.25) is 9.69 Å². The fourth-order valence-electron chi connectivity index (χ4n) is 2.96. The molecule has 164 valence electrons. The molecule has 0 unspecified atom stereocenters. The van der Waals surface area contributed by atoms with Crippen molar-refractivity contribution in [3.8, 4) is 0 Å². The molecule has 1 amide bonds. The molecule has 12 heteroatoms. The number of nitrogens with one attached hydrogen (secondary N) is 2. The van der Waals surface area contributed by atoms with Gasteiger partial charge in [-0.2, -0.15) is 13.2 Å². The van der Waals surface area contributed by atoms with E-state index in [2.05, 4.69) is 14.9 Å². The Bertz CT molecular complexity index is 813. The quantitative estimate of drug-likeness (QED) is 0.583. The minimum absolute atomic E-state index is 0.0451. The van der Waals surface area contributed by atoms with Crippen LogP contribution in [0.15, 0.2) is 18.2 Å². The predicted molar refractivity (Wildman–Crippen MR) is 105 cm³/mol. The van der Waals surface area contributed by atoms with Crippen LogP contribution in [-0.2, 0) is 21.0 Å². The number of hydrogen-bond donors (Lipinski definition) is 2. The van der Waals surface area contributed by atoms with Crippen LogP contribution in [0.1, 0.15) is 12.0 Å². The molecule has 2 N–H and O–H groups in total. The van der Waals surface area contributed by atoms with Gasteiger partial charge < -0.3 is 10.2 Å². The zero-order valence-electron chi connectivity index (χ0n) is 15.9.